The van der Waals surface area contributed by atoms with Crippen LogP contribution in [0.1, 0.15) is 46.0 Å². The van der Waals surface area contributed by atoms with Gasteiger partial charge in [0.2, 0.25) is 0 Å². The first-order valence-electron chi connectivity index (χ1n) is 6.54. The molecule has 0 unspecified atom stereocenters. The van der Waals surface area contributed by atoms with Crippen molar-refractivity contribution < 1.29 is 14.6 Å². The second kappa shape index (κ2) is 4.48. The zero-order chi connectivity index (χ0) is 12.5. The Kier molecular flexibility index (Phi) is 3.34. The summed E-state index contributed by atoms with van der Waals surface area (Å²) >= 11 is 0. The average molecular weight is 241 g/mol. The predicted octanol–water partition coefficient (Wildman–Crippen LogP) is 2.16. The average Bonchev–Trinajstić information content (AvgIpc) is 2.27. The number of carbonyl (C=O) groups is 1. The van der Waals surface area contributed by atoms with Gasteiger partial charge in [0.15, 0.2) is 0 Å². The monoisotopic (exact) mass is 241 g/mol. The number of hydrogen-bond acceptors (Lipinski definition) is 3. The second-order valence-electron chi connectivity index (χ2n) is 6.28. The van der Waals surface area contributed by atoms with Crippen LogP contribution in [-0.2, 0) is 4.74 Å². The van der Waals surface area contributed by atoms with E-state index in [2.05, 4.69) is 13.8 Å². The van der Waals surface area contributed by atoms with Crippen molar-refractivity contribution in [2.24, 2.45) is 5.41 Å². The van der Waals surface area contributed by atoms with E-state index in [0.717, 1.165) is 32.1 Å². The van der Waals surface area contributed by atoms with Crippen molar-refractivity contribution in [2.45, 2.75) is 51.6 Å². The van der Waals surface area contributed by atoms with Gasteiger partial charge in [0.25, 0.3) is 0 Å². The molecule has 1 amide bonds. The summed E-state index contributed by atoms with van der Waals surface area (Å²) in [6, 6.07) is 0. The van der Waals surface area contributed by atoms with Gasteiger partial charge in [-0.3, -0.25) is 0 Å². The molecule has 1 N–H and O–H groups in total. The van der Waals surface area contributed by atoms with Crippen LogP contribution in [-0.4, -0.2) is 41.4 Å². The molecule has 1 aliphatic heterocycles. The molecule has 1 saturated carbocycles. The molecule has 2 aliphatic rings. The molecule has 1 saturated heterocycles. The van der Waals surface area contributed by atoms with Crippen molar-refractivity contribution in [2.75, 3.05) is 19.7 Å². The Labute approximate surface area is 103 Å². The van der Waals surface area contributed by atoms with E-state index in [0.29, 0.717) is 25.1 Å². The van der Waals surface area contributed by atoms with Gasteiger partial charge in [-0.25, -0.2) is 4.79 Å². The minimum Gasteiger partial charge on any atom is -0.449 e. The van der Waals surface area contributed by atoms with Crippen LogP contribution in [0.4, 0.5) is 4.79 Å². The highest BCUT2D eigenvalue weighted by Gasteiger charge is 2.39. The summed E-state index contributed by atoms with van der Waals surface area (Å²) in [5.74, 6) is 0. The lowest BCUT2D eigenvalue weighted by Crippen LogP contribution is -2.50. The molecule has 0 aromatic heterocycles. The Balaban J connectivity index is 1.91. The highest BCUT2D eigenvalue weighted by Crippen LogP contribution is 2.40. The third-order valence-electron chi connectivity index (χ3n) is 4.08. The van der Waals surface area contributed by atoms with Gasteiger partial charge >= 0.3 is 6.09 Å². The third-order valence-corrected chi connectivity index (χ3v) is 4.08. The third kappa shape index (κ3) is 3.12. The number of β-amino-alcohol motifs (C(OH)–C–C–N with tert-alkyl or cyclic N) is 1. The maximum atomic E-state index is 11.5. The van der Waals surface area contributed by atoms with Crippen molar-refractivity contribution in [1.82, 2.24) is 4.90 Å². The highest BCUT2D eigenvalue weighted by molar-refractivity contribution is 5.68. The van der Waals surface area contributed by atoms with Gasteiger partial charge in [-0.2, -0.15) is 0 Å². The SMILES string of the molecule is CC1(C)CCC(O)(CN2CCCOC2=O)CC1. The molecule has 0 spiro atoms. The molecule has 2 fully saturated rings. The molecule has 17 heavy (non-hydrogen) atoms. The van der Waals surface area contributed by atoms with Crippen molar-refractivity contribution in [3.8, 4) is 0 Å². The number of aliphatic hydroxyl groups is 1. The molecule has 0 radical (unpaired) electrons. The topological polar surface area (TPSA) is 49.8 Å². The molecule has 0 aromatic carbocycles. The summed E-state index contributed by atoms with van der Waals surface area (Å²) in [7, 11) is 0. The Morgan fingerprint density at radius 3 is 2.53 bits per heavy atom. The molecule has 1 heterocycles. The quantitative estimate of drug-likeness (QED) is 0.806. The van der Waals surface area contributed by atoms with Crippen LogP contribution in [0.15, 0.2) is 0 Å². The van der Waals surface area contributed by atoms with Crippen molar-refractivity contribution in [3.05, 3.63) is 0 Å². The zero-order valence-electron chi connectivity index (χ0n) is 10.9. The van der Waals surface area contributed by atoms with Crippen LogP contribution >= 0.6 is 0 Å². The lowest BCUT2D eigenvalue weighted by molar-refractivity contribution is -0.0534. The summed E-state index contributed by atoms with van der Waals surface area (Å²) in [4.78, 5) is 13.2. The van der Waals surface area contributed by atoms with Crippen LogP contribution in [0.25, 0.3) is 0 Å². The Morgan fingerprint density at radius 1 is 1.29 bits per heavy atom. The minimum absolute atomic E-state index is 0.269. The molecule has 0 atom stereocenters. The van der Waals surface area contributed by atoms with E-state index in [1.807, 2.05) is 0 Å². The van der Waals surface area contributed by atoms with Crippen LogP contribution < -0.4 is 0 Å². The van der Waals surface area contributed by atoms with E-state index < -0.39 is 5.60 Å². The first-order chi connectivity index (χ1) is 7.90. The number of hydrogen-bond donors (Lipinski definition) is 1. The number of rotatable bonds is 2. The van der Waals surface area contributed by atoms with Gasteiger partial charge < -0.3 is 14.7 Å². The number of amides is 1. The second-order valence-corrected chi connectivity index (χ2v) is 6.28. The van der Waals surface area contributed by atoms with E-state index >= 15 is 0 Å². The Bertz CT molecular complexity index is 291. The summed E-state index contributed by atoms with van der Waals surface area (Å²) in [6.45, 7) is 6.14. The molecule has 4 nitrogen and oxygen atoms in total. The van der Waals surface area contributed by atoms with E-state index in [1.165, 1.54) is 0 Å². The summed E-state index contributed by atoms with van der Waals surface area (Å²) in [5.41, 5.74) is -0.374. The van der Waals surface area contributed by atoms with Crippen molar-refractivity contribution in [1.29, 1.82) is 0 Å². The molecule has 1 aliphatic carbocycles. The molecular weight excluding hydrogens is 218 g/mol. The maximum Gasteiger partial charge on any atom is 0.409 e. The minimum atomic E-state index is -0.702. The molecule has 0 aromatic rings. The number of carbonyl (C=O) groups excluding carboxylic acids is 1. The fourth-order valence-electron chi connectivity index (χ4n) is 2.65. The van der Waals surface area contributed by atoms with Gasteiger partial charge in [-0.05, 0) is 37.5 Å². The number of nitrogens with zero attached hydrogens (tertiary/aromatic N) is 1. The van der Waals surface area contributed by atoms with E-state index in [-0.39, 0.29) is 6.09 Å². The summed E-state index contributed by atoms with van der Waals surface area (Å²) in [5, 5.41) is 10.5. The number of ether oxygens (including phenoxy) is 1. The molecule has 4 heteroatoms. The standard InChI is InChI=1S/C13H23NO3/c1-12(2)4-6-13(16,7-5-12)10-14-8-3-9-17-11(14)15/h16H,3-10H2,1-2H3. The summed E-state index contributed by atoms with van der Waals surface area (Å²) in [6.07, 6.45) is 4.20. The van der Waals surface area contributed by atoms with E-state index in [9.17, 15) is 9.90 Å². The highest BCUT2D eigenvalue weighted by atomic mass is 16.6. The van der Waals surface area contributed by atoms with Gasteiger partial charge in [0, 0.05) is 6.54 Å². The molecular formula is C13H23NO3. The molecule has 2 rings (SSSR count). The van der Waals surface area contributed by atoms with E-state index in [4.69, 9.17) is 4.74 Å². The van der Waals surface area contributed by atoms with Gasteiger partial charge in [-0.15, -0.1) is 0 Å². The Hall–Kier alpha value is -0.770. The van der Waals surface area contributed by atoms with Crippen molar-refractivity contribution in [3.63, 3.8) is 0 Å². The normalized spacial score (nSPS) is 27.7. The van der Waals surface area contributed by atoms with Gasteiger partial charge in [0.1, 0.15) is 0 Å². The first kappa shape index (κ1) is 12.7. The smallest absolute Gasteiger partial charge is 0.409 e. The van der Waals surface area contributed by atoms with Crippen LogP contribution in [0, 0.1) is 5.41 Å². The van der Waals surface area contributed by atoms with Crippen LogP contribution in [0.2, 0.25) is 0 Å². The molecule has 0 bridgehead atoms. The Morgan fingerprint density at radius 2 is 1.94 bits per heavy atom. The van der Waals surface area contributed by atoms with Gasteiger partial charge in [0.05, 0.1) is 18.8 Å². The van der Waals surface area contributed by atoms with Gasteiger partial charge in [-0.1, -0.05) is 13.8 Å². The zero-order valence-corrected chi connectivity index (χ0v) is 10.9. The lowest BCUT2D eigenvalue weighted by atomic mass is 9.71. The summed E-state index contributed by atoms with van der Waals surface area (Å²) < 4.78 is 4.99. The molecule has 98 valence electrons. The fourth-order valence-corrected chi connectivity index (χ4v) is 2.65. The first-order valence-corrected chi connectivity index (χ1v) is 6.54. The predicted molar refractivity (Wildman–Crippen MR) is 64.7 cm³/mol. The lowest BCUT2D eigenvalue weighted by Gasteiger charge is -2.42. The largest absolute Gasteiger partial charge is 0.449 e. The maximum absolute atomic E-state index is 11.5. The van der Waals surface area contributed by atoms with Crippen molar-refractivity contribution >= 4 is 6.09 Å². The fraction of sp³-hybridized carbons (Fsp3) is 0.923. The number of cyclic esters (lactones) is 1. The van der Waals surface area contributed by atoms with Crippen LogP contribution in [0.5, 0.6) is 0 Å². The van der Waals surface area contributed by atoms with Crippen LogP contribution in [0.3, 0.4) is 0 Å². The van der Waals surface area contributed by atoms with E-state index in [1.54, 1.807) is 4.90 Å².